The van der Waals surface area contributed by atoms with Gasteiger partial charge in [-0.25, -0.2) is 4.39 Å². The number of piperidine rings is 1. The first-order chi connectivity index (χ1) is 7.66. The summed E-state index contributed by atoms with van der Waals surface area (Å²) >= 11 is 0. The summed E-state index contributed by atoms with van der Waals surface area (Å²) in [5.74, 6) is -0.143. The van der Waals surface area contributed by atoms with Crippen molar-refractivity contribution in [2.45, 2.75) is 32.4 Å². The van der Waals surface area contributed by atoms with E-state index in [-0.39, 0.29) is 11.9 Å². The van der Waals surface area contributed by atoms with Gasteiger partial charge in [0, 0.05) is 13.1 Å². The van der Waals surface area contributed by atoms with Crippen LogP contribution in [0.1, 0.15) is 24.0 Å². The molecule has 0 radical (unpaired) electrons. The molecule has 1 saturated heterocycles. The minimum atomic E-state index is -0.220. The normalized spacial score (nSPS) is 22.3. The topological polar surface area (TPSA) is 23.5 Å². The molecule has 1 aromatic carbocycles. The second-order valence-corrected chi connectivity index (χ2v) is 4.56. The Hall–Kier alpha value is -0.930. The van der Waals surface area contributed by atoms with Crippen LogP contribution in [0, 0.1) is 12.7 Å². The van der Waals surface area contributed by atoms with Gasteiger partial charge in [0.25, 0.3) is 0 Å². The number of nitrogens with zero attached hydrogens (tertiary/aromatic N) is 1. The molecule has 16 heavy (non-hydrogen) atoms. The number of β-amino-alcohol motifs (C(OH)–C–C–N with tert-alkyl or cyclic N) is 1. The predicted octanol–water partition coefficient (Wildman–Crippen LogP) is 2.09. The van der Waals surface area contributed by atoms with Gasteiger partial charge < -0.3 is 5.11 Å². The van der Waals surface area contributed by atoms with Crippen LogP contribution >= 0.6 is 0 Å². The van der Waals surface area contributed by atoms with Crippen LogP contribution in [0.3, 0.4) is 0 Å². The van der Waals surface area contributed by atoms with Crippen LogP contribution in [0.15, 0.2) is 18.2 Å². The number of aliphatic hydroxyl groups excluding tert-OH is 1. The lowest BCUT2D eigenvalue weighted by Gasteiger charge is -2.30. The van der Waals surface area contributed by atoms with Crippen molar-refractivity contribution in [1.29, 1.82) is 0 Å². The van der Waals surface area contributed by atoms with E-state index in [1.807, 2.05) is 13.0 Å². The fourth-order valence-electron chi connectivity index (χ4n) is 2.24. The summed E-state index contributed by atoms with van der Waals surface area (Å²) in [6, 6.07) is 5.20. The molecule has 1 N–H and O–H groups in total. The number of halogens is 1. The molecule has 1 aromatic rings. The molecule has 0 aromatic heterocycles. The maximum atomic E-state index is 13.3. The van der Waals surface area contributed by atoms with Crippen molar-refractivity contribution < 1.29 is 9.50 Å². The lowest BCUT2D eigenvalue weighted by molar-refractivity contribution is 0.0667. The van der Waals surface area contributed by atoms with Gasteiger partial charge in [0.05, 0.1) is 6.10 Å². The third kappa shape index (κ3) is 2.60. The largest absolute Gasteiger partial charge is 0.392 e. The minimum absolute atomic E-state index is 0.143. The maximum absolute atomic E-state index is 13.3. The first-order valence-electron chi connectivity index (χ1n) is 5.81. The van der Waals surface area contributed by atoms with E-state index in [0.717, 1.165) is 37.1 Å². The number of rotatable bonds is 2. The van der Waals surface area contributed by atoms with Gasteiger partial charge in [0.2, 0.25) is 0 Å². The molecule has 1 heterocycles. The first kappa shape index (κ1) is 11.6. The van der Waals surface area contributed by atoms with Gasteiger partial charge in [-0.1, -0.05) is 12.1 Å². The summed E-state index contributed by atoms with van der Waals surface area (Å²) in [7, 11) is 0. The van der Waals surface area contributed by atoms with E-state index < -0.39 is 0 Å². The van der Waals surface area contributed by atoms with E-state index in [9.17, 15) is 9.50 Å². The summed E-state index contributed by atoms with van der Waals surface area (Å²) in [5, 5.41) is 9.57. The van der Waals surface area contributed by atoms with Crippen LogP contribution in [0.5, 0.6) is 0 Å². The Morgan fingerprint density at radius 2 is 2.31 bits per heavy atom. The third-order valence-corrected chi connectivity index (χ3v) is 3.25. The molecular weight excluding hydrogens is 205 g/mol. The van der Waals surface area contributed by atoms with E-state index >= 15 is 0 Å². The Morgan fingerprint density at radius 3 is 3.06 bits per heavy atom. The average molecular weight is 223 g/mol. The molecule has 0 aliphatic carbocycles. The highest BCUT2D eigenvalue weighted by molar-refractivity contribution is 5.27. The number of hydrogen-bond donors (Lipinski definition) is 1. The second-order valence-electron chi connectivity index (χ2n) is 4.56. The molecule has 0 amide bonds. The molecular formula is C13H18FNO. The van der Waals surface area contributed by atoms with Gasteiger partial charge in [-0.05, 0) is 43.5 Å². The van der Waals surface area contributed by atoms with Gasteiger partial charge in [-0.2, -0.15) is 0 Å². The predicted molar refractivity (Wildman–Crippen MR) is 61.7 cm³/mol. The molecule has 88 valence electrons. The summed E-state index contributed by atoms with van der Waals surface area (Å²) < 4.78 is 13.3. The maximum Gasteiger partial charge on any atom is 0.126 e. The molecule has 2 rings (SSSR count). The molecule has 0 spiro atoms. The highest BCUT2D eigenvalue weighted by Gasteiger charge is 2.18. The summed E-state index contributed by atoms with van der Waals surface area (Å²) in [4.78, 5) is 2.19. The quantitative estimate of drug-likeness (QED) is 0.830. The number of likely N-dealkylation sites (tertiary alicyclic amines) is 1. The fourth-order valence-corrected chi connectivity index (χ4v) is 2.24. The van der Waals surface area contributed by atoms with Gasteiger partial charge in [0.15, 0.2) is 0 Å². The Balaban J connectivity index is 2.05. The highest BCUT2D eigenvalue weighted by atomic mass is 19.1. The molecule has 0 bridgehead atoms. The number of aliphatic hydroxyl groups is 1. The number of benzene rings is 1. The second kappa shape index (κ2) is 4.93. The highest BCUT2D eigenvalue weighted by Crippen LogP contribution is 2.17. The third-order valence-electron chi connectivity index (χ3n) is 3.25. The van der Waals surface area contributed by atoms with Crippen LogP contribution < -0.4 is 0 Å². The van der Waals surface area contributed by atoms with E-state index in [4.69, 9.17) is 0 Å². The lowest BCUT2D eigenvalue weighted by Crippen LogP contribution is -2.37. The van der Waals surface area contributed by atoms with Gasteiger partial charge in [-0.15, -0.1) is 0 Å². The molecule has 1 aliphatic heterocycles. The van der Waals surface area contributed by atoms with Gasteiger partial charge in [-0.3, -0.25) is 4.90 Å². The zero-order valence-electron chi connectivity index (χ0n) is 9.62. The minimum Gasteiger partial charge on any atom is -0.392 e. The van der Waals surface area contributed by atoms with Crippen molar-refractivity contribution >= 4 is 0 Å². The first-order valence-corrected chi connectivity index (χ1v) is 5.81. The molecule has 0 saturated carbocycles. The van der Waals surface area contributed by atoms with Crippen LogP contribution in [0.25, 0.3) is 0 Å². The van der Waals surface area contributed by atoms with E-state index in [1.165, 1.54) is 6.07 Å². The zero-order valence-corrected chi connectivity index (χ0v) is 9.62. The Bertz CT molecular complexity index is 367. The van der Waals surface area contributed by atoms with Crippen molar-refractivity contribution in [2.75, 3.05) is 13.1 Å². The Kier molecular flexibility index (Phi) is 3.56. The molecule has 1 atom stereocenters. The summed E-state index contributed by atoms with van der Waals surface area (Å²) in [5.41, 5.74) is 1.75. The van der Waals surface area contributed by atoms with E-state index in [0.29, 0.717) is 6.54 Å². The van der Waals surface area contributed by atoms with E-state index in [2.05, 4.69) is 4.90 Å². The standard InChI is InChI=1S/C13H18FNO/c1-10-11(4-2-6-13(10)14)8-15-7-3-5-12(16)9-15/h2,4,6,12,16H,3,5,7-9H2,1H3. The van der Waals surface area contributed by atoms with Crippen LogP contribution in [-0.2, 0) is 6.54 Å². The summed E-state index contributed by atoms with van der Waals surface area (Å²) in [6.45, 7) is 4.24. The van der Waals surface area contributed by atoms with Crippen molar-refractivity contribution in [3.63, 3.8) is 0 Å². The van der Waals surface area contributed by atoms with Gasteiger partial charge >= 0.3 is 0 Å². The van der Waals surface area contributed by atoms with Crippen LogP contribution in [0.2, 0.25) is 0 Å². The lowest BCUT2D eigenvalue weighted by atomic mass is 10.0. The van der Waals surface area contributed by atoms with Gasteiger partial charge in [0.1, 0.15) is 5.82 Å². The molecule has 2 nitrogen and oxygen atoms in total. The monoisotopic (exact) mass is 223 g/mol. The zero-order chi connectivity index (χ0) is 11.5. The van der Waals surface area contributed by atoms with Crippen molar-refractivity contribution in [3.8, 4) is 0 Å². The van der Waals surface area contributed by atoms with Crippen LogP contribution in [0.4, 0.5) is 4.39 Å². The van der Waals surface area contributed by atoms with Crippen molar-refractivity contribution in [1.82, 2.24) is 4.90 Å². The molecule has 1 aliphatic rings. The SMILES string of the molecule is Cc1c(F)cccc1CN1CCCC(O)C1. The van der Waals surface area contributed by atoms with E-state index in [1.54, 1.807) is 6.07 Å². The van der Waals surface area contributed by atoms with Crippen molar-refractivity contribution in [2.24, 2.45) is 0 Å². The Labute approximate surface area is 95.7 Å². The molecule has 3 heteroatoms. The number of hydrogen-bond acceptors (Lipinski definition) is 2. The smallest absolute Gasteiger partial charge is 0.126 e. The Morgan fingerprint density at radius 1 is 1.50 bits per heavy atom. The summed E-state index contributed by atoms with van der Waals surface area (Å²) in [6.07, 6.45) is 1.69. The molecule has 1 fully saturated rings. The average Bonchev–Trinajstić information content (AvgIpc) is 2.25. The van der Waals surface area contributed by atoms with Crippen LogP contribution in [-0.4, -0.2) is 29.2 Å². The fraction of sp³-hybridized carbons (Fsp3) is 0.538. The molecule has 1 unspecified atom stereocenters. The van der Waals surface area contributed by atoms with Crippen molar-refractivity contribution in [3.05, 3.63) is 35.1 Å².